The van der Waals surface area contributed by atoms with E-state index in [1.54, 1.807) is 0 Å². The van der Waals surface area contributed by atoms with Gasteiger partial charge in [-0.05, 0) is 37.0 Å². The predicted octanol–water partition coefficient (Wildman–Crippen LogP) is 2.02. The third-order valence-corrected chi connectivity index (χ3v) is 4.10. The van der Waals surface area contributed by atoms with Crippen molar-refractivity contribution in [2.75, 3.05) is 6.61 Å². The number of hydrogen-bond donors (Lipinski definition) is 1. The highest BCUT2D eigenvalue weighted by Crippen LogP contribution is 2.48. The van der Waals surface area contributed by atoms with Crippen LogP contribution in [-0.2, 0) is 0 Å². The summed E-state index contributed by atoms with van der Waals surface area (Å²) in [6, 6.07) is 0. The van der Waals surface area contributed by atoms with Crippen LogP contribution in [0.3, 0.4) is 0 Å². The molecular formula is C9H15ClO. The van der Waals surface area contributed by atoms with E-state index in [2.05, 4.69) is 0 Å². The Kier molecular flexibility index (Phi) is 2.11. The van der Waals surface area contributed by atoms with Crippen LogP contribution in [0.4, 0.5) is 0 Å². The Morgan fingerprint density at radius 1 is 1.36 bits per heavy atom. The van der Waals surface area contributed by atoms with Crippen molar-refractivity contribution in [3.8, 4) is 0 Å². The molecule has 4 unspecified atom stereocenters. The fourth-order valence-electron chi connectivity index (χ4n) is 2.80. The Morgan fingerprint density at radius 3 is 2.82 bits per heavy atom. The normalized spacial score (nSPS) is 49.6. The topological polar surface area (TPSA) is 20.2 Å². The monoisotopic (exact) mass is 174 g/mol. The molecule has 1 N–H and O–H groups in total. The minimum Gasteiger partial charge on any atom is -0.396 e. The highest BCUT2D eigenvalue weighted by molar-refractivity contribution is 6.21. The number of alkyl halides is 1. The predicted molar refractivity (Wildman–Crippen MR) is 45.7 cm³/mol. The molecule has 0 heterocycles. The van der Waals surface area contributed by atoms with Gasteiger partial charge in [0, 0.05) is 12.0 Å². The lowest BCUT2D eigenvalue weighted by Gasteiger charge is -2.25. The Labute approximate surface area is 72.7 Å². The first-order valence-corrected chi connectivity index (χ1v) is 5.01. The maximum absolute atomic E-state index is 9.07. The quantitative estimate of drug-likeness (QED) is 0.604. The summed E-state index contributed by atoms with van der Waals surface area (Å²) in [7, 11) is 0. The van der Waals surface area contributed by atoms with Crippen LogP contribution in [0, 0.1) is 17.8 Å². The van der Waals surface area contributed by atoms with Gasteiger partial charge in [0.15, 0.2) is 0 Å². The fourth-order valence-corrected chi connectivity index (χ4v) is 3.36. The third kappa shape index (κ3) is 1.19. The molecule has 2 rings (SSSR count). The first kappa shape index (κ1) is 7.88. The summed E-state index contributed by atoms with van der Waals surface area (Å²) in [5.74, 6) is 1.86. The van der Waals surface area contributed by atoms with Gasteiger partial charge in [0.2, 0.25) is 0 Å². The van der Waals surface area contributed by atoms with Crippen LogP contribution in [0.15, 0.2) is 0 Å². The number of rotatable bonds is 1. The maximum Gasteiger partial charge on any atom is 0.0462 e. The van der Waals surface area contributed by atoms with Crippen LogP contribution in [0.1, 0.15) is 25.7 Å². The lowest BCUT2D eigenvalue weighted by atomic mass is 9.87. The number of halogens is 1. The molecule has 0 saturated heterocycles. The number of fused-ring (bicyclic) bond motifs is 2. The highest BCUT2D eigenvalue weighted by atomic mass is 35.5. The maximum atomic E-state index is 9.07. The molecule has 64 valence electrons. The minimum absolute atomic E-state index is 0.352. The first-order chi connectivity index (χ1) is 5.33. The number of hydrogen-bond acceptors (Lipinski definition) is 1. The molecule has 2 heteroatoms. The standard InChI is InChI=1S/C9H15ClO/c10-9-6-2-1-3-8(9)7(4-6)5-11/h6-9,11H,1-5H2. The molecule has 0 aromatic rings. The second kappa shape index (κ2) is 2.95. The molecule has 2 fully saturated rings. The van der Waals surface area contributed by atoms with Crippen molar-refractivity contribution in [2.24, 2.45) is 17.8 Å². The van der Waals surface area contributed by atoms with E-state index in [-0.39, 0.29) is 0 Å². The van der Waals surface area contributed by atoms with Gasteiger partial charge in [0.25, 0.3) is 0 Å². The summed E-state index contributed by atoms with van der Waals surface area (Å²) in [4.78, 5) is 0. The Bertz CT molecular complexity index is 148. The van der Waals surface area contributed by atoms with Gasteiger partial charge in [0.1, 0.15) is 0 Å². The van der Waals surface area contributed by atoms with E-state index in [0.29, 0.717) is 29.7 Å². The van der Waals surface area contributed by atoms with Crippen molar-refractivity contribution in [3.63, 3.8) is 0 Å². The summed E-state index contributed by atoms with van der Waals surface area (Å²) >= 11 is 6.24. The summed E-state index contributed by atoms with van der Waals surface area (Å²) in [5, 5.41) is 9.45. The molecular weight excluding hydrogens is 160 g/mol. The number of aliphatic hydroxyl groups excluding tert-OH is 1. The summed E-state index contributed by atoms with van der Waals surface area (Å²) in [6.07, 6.45) is 5.04. The minimum atomic E-state index is 0.352. The van der Waals surface area contributed by atoms with Gasteiger partial charge in [-0.3, -0.25) is 0 Å². The lowest BCUT2D eigenvalue weighted by molar-refractivity contribution is 0.191. The molecule has 0 aromatic carbocycles. The smallest absolute Gasteiger partial charge is 0.0462 e. The van der Waals surface area contributed by atoms with E-state index in [1.165, 1.54) is 25.7 Å². The van der Waals surface area contributed by atoms with Crippen LogP contribution in [0.5, 0.6) is 0 Å². The summed E-state index contributed by atoms with van der Waals surface area (Å²) < 4.78 is 0. The van der Waals surface area contributed by atoms with E-state index >= 15 is 0 Å². The molecule has 11 heavy (non-hydrogen) atoms. The molecule has 2 bridgehead atoms. The van der Waals surface area contributed by atoms with Crippen molar-refractivity contribution >= 4 is 11.6 Å². The first-order valence-electron chi connectivity index (χ1n) is 4.58. The molecule has 2 aliphatic carbocycles. The van der Waals surface area contributed by atoms with Crippen LogP contribution in [0.2, 0.25) is 0 Å². The average Bonchev–Trinajstić information content (AvgIpc) is 2.23. The van der Waals surface area contributed by atoms with Crippen molar-refractivity contribution in [2.45, 2.75) is 31.1 Å². The van der Waals surface area contributed by atoms with Crippen molar-refractivity contribution in [1.82, 2.24) is 0 Å². The van der Waals surface area contributed by atoms with Gasteiger partial charge in [-0.25, -0.2) is 0 Å². The van der Waals surface area contributed by atoms with Gasteiger partial charge >= 0.3 is 0 Å². The zero-order valence-corrected chi connectivity index (χ0v) is 7.43. The second-order valence-corrected chi connectivity index (χ2v) is 4.48. The largest absolute Gasteiger partial charge is 0.396 e. The van der Waals surface area contributed by atoms with E-state index < -0.39 is 0 Å². The second-order valence-electron chi connectivity index (χ2n) is 3.98. The zero-order chi connectivity index (χ0) is 7.84. The van der Waals surface area contributed by atoms with E-state index in [9.17, 15) is 0 Å². The molecule has 1 nitrogen and oxygen atoms in total. The van der Waals surface area contributed by atoms with Crippen LogP contribution in [-0.4, -0.2) is 17.1 Å². The molecule has 0 aromatic heterocycles. The summed E-state index contributed by atoms with van der Waals surface area (Å²) in [6.45, 7) is 0.352. The van der Waals surface area contributed by atoms with Crippen molar-refractivity contribution in [3.05, 3.63) is 0 Å². The molecule has 0 amide bonds. The lowest BCUT2D eigenvalue weighted by Crippen LogP contribution is -2.23. The third-order valence-electron chi connectivity index (χ3n) is 3.42. The molecule has 2 aliphatic rings. The molecule has 0 radical (unpaired) electrons. The van der Waals surface area contributed by atoms with Crippen molar-refractivity contribution < 1.29 is 5.11 Å². The van der Waals surface area contributed by atoms with Gasteiger partial charge in [-0.1, -0.05) is 6.42 Å². The molecule has 2 saturated carbocycles. The van der Waals surface area contributed by atoms with Crippen LogP contribution < -0.4 is 0 Å². The van der Waals surface area contributed by atoms with Crippen LogP contribution in [0.25, 0.3) is 0 Å². The molecule has 0 aliphatic heterocycles. The average molecular weight is 175 g/mol. The van der Waals surface area contributed by atoms with Crippen molar-refractivity contribution in [1.29, 1.82) is 0 Å². The van der Waals surface area contributed by atoms with Crippen LogP contribution >= 0.6 is 11.6 Å². The summed E-state index contributed by atoms with van der Waals surface area (Å²) in [5.41, 5.74) is 0. The fraction of sp³-hybridized carbons (Fsp3) is 1.00. The van der Waals surface area contributed by atoms with Gasteiger partial charge < -0.3 is 5.11 Å². The van der Waals surface area contributed by atoms with Gasteiger partial charge in [-0.2, -0.15) is 0 Å². The van der Waals surface area contributed by atoms with Gasteiger partial charge in [-0.15, -0.1) is 11.6 Å². The Balaban J connectivity index is 2.09. The van der Waals surface area contributed by atoms with E-state index in [1.807, 2.05) is 0 Å². The Morgan fingerprint density at radius 2 is 2.18 bits per heavy atom. The SMILES string of the molecule is OCC1CC2CCCC1C2Cl. The molecule has 0 spiro atoms. The highest BCUT2D eigenvalue weighted by Gasteiger charge is 2.43. The van der Waals surface area contributed by atoms with Gasteiger partial charge in [0.05, 0.1) is 0 Å². The van der Waals surface area contributed by atoms with E-state index in [4.69, 9.17) is 16.7 Å². The van der Waals surface area contributed by atoms with E-state index in [0.717, 1.165) is 0 Å². The zero-order valence-electron chi connectivity index (χ0n) is 6.67. The molecule has 4 atom stereocenters. The Hall–Kier alpha value is 0.250. The number of aliphatic hydroxyl groups is 1.